The van der Waals surface area contributed by atoms with Crippen LogP contribution in [0.4, 0.5) is 10.5 Å². The second-order valence-electron chi connectivity index (χ2n) is 4.12. The molecule has 0 saturated carbocycles. The highest BCUT2D eigenvalue weighted by Crippen LogP contribution is 2.20. The van der Waals surface area contributed by atoms with Crippen LogP contribution in [0.1, 0.15) is 10.5 Å². The fourth-order valence-corrected chi connectivity index (χ4v) is 1.85. The van der Waals surface area contributed by atoms with E-state index >= 15 is 0 Å². The summed E-state index contributed by atoms with van der Waals surface area (Å²) in [4.78, 5) is 26.4. The third-order valence-corrected chi connectivity index (χ3v) is 2.79. The van der Waals surface area contributed by atoms with Crippen LogP contribution in [0.3, 0.4) is 0 Å². The highest BCUT2D eigenvalue weighted by atomic mass is 16.4. The van der Waals surface area contributed by atoms with Gasteiger partial charge in [-0.05, 0) is 12.1 Å². The van der Waals surface area contributed by atoms with E-state index in [1.807, 2.05) is 0 Å². The summed E-state index contributed by atoms with van der Waals surface area (Å²) in [7, 11) is 0. The molecule has 3 aromatic rings. The van der Waals surface area contributed by atoms with Crippen LogP contribution in [0.15, 0.2) is 47.7 Å². The van der Waals surface area contributed by atoms with E-state index in [0.717, 1.165) is 9.95 Å². The van der Waals surface area contributed by atoms with Crippen LogP contribution in [-0.4, -0.2) is 26.7 Å². The summed E-state index contributed by atoms with van der Waals surface area (Å²) in [6.45, 7) is 0. The number of nitrogens with one attached hydrogen (secondary N) is 1. The van der Waals surface area contributed by atoms with E-state index in [9.17, 15) is 9.59 Å². The molecule has 0 aliphatic rings. The Balaban J connectivity index is 1.89. The lowest BCUT2D eigenvalue weighted by atomic mass is 10.2. The molecule has 1 amide bonds. The summed E-state index contributed by atoms with van der Waals surface area (Å²) in [5, 5.41) is 13.0. The average molecular weight is 271 g/mol. The van der Waals surface area contributed by atoms with E-state index in [2.05, 4.69) is 10.3 Å². The molecule has 0 aliphatic heterocycles. The van der Waals surface area contributed by atoms with E-state index in [-0.39, 0.29) is 5.69 Å². The monoisotopic (exact) mass is 271 g/mol. The molecule has 20 heavy (non-hydrogen) atoms. The smallest absolute Gasteiger partial charge is 0.415 e. The van der Waals surface area contributed by atoms with Crippen LogP contribution in [0.5, 0.6) is 0 Å². The first kappa shape index (κ1) is 12.0. The molecule has 0 unspecified atom stereocenters. The molecule has 0 saturated heterocycles. The molecule has 0 aliphatic carbocycles. The maximum absolute atomic E-state index is 11.8. The fourth-order valence-electron chi connectivity index (χ4n) is 1.85. The van der Waals surface area contributed by atoms with Crippen molar-refractivity contribution in [3.05, 3.63) is 48.9 Å². The van der Waals surface area contributed by atoms with Gasteiger partial charge in [-0.2, -0.15) is 0 Å². The van der Waals surface area contributed by atoms with Crippen molar-refractivity contribution in [2.45, 2.75) is 0 Å². The number of fused-ring (bicyclic) bond motifs is 1. The molecular weight excluding hydrogens is 262 g/mol. The van der Waals surface area contributed by atoms with Crippen molar-refractivity contribution in [2.24, 2.45) is 0 Å². The highest BCUT2D eigenvalue weighted by Gasteiger charge is 2.10. The van der Waals surface area contributed by atoms with Crippen LogP contribution < -0.4 is 5.32 Å². The lowest BCUT2D eigenvalue weighted by Gasteiger charge is -2.02. The number of oxazole rings is 1. The van der Waals surface area contributed by atoms with Gasteiger partial charge in [0.15, 0.2) is 12.1 Å². The van der Waals surface area contributed by atoms with Gasteiger partial charge in [-0.15, -0.1) is 0 Å². The normalized spacial score (nSPS) is 10.6. The summed E-state index contributed by atoms with van der Waals surface area (Å²) in [6, 6.07) is 5.10. The van der Waals surface area contributed by atoms with Crippen LogP contribution in [-0.2, 0) is 0 Å². The number of anilines is 1. The molecule has 1 aromatic carbocycles. The van der Waals surface area contributed by atoms with Crippen molar-refractivity contribution in [3.8, 4) is 0 Å². The summed E-state index contributed by atoms with van der Waals surface area (Å²) >= 11 is 0. The minimum atomic E-state index is -1.06. The number of hydrogen-bond acceptors (Lipinski definition) is 4. The molecule has 2 N–H and O–H groups in total. The quantitative estimate of drug-likeness (QED) is 0.745. The van der Waals surface area contributed by atoms with Gasteiger partial charge in [0.2, 0.25) is 0 Å². The van der Waals surface area contributed by atoms with Gasteiger partial charge in [0.1, 0.15) is 6.26 Å². The SMILES string of the molecule is O=C(Nc1ccc2cn(C(=O)O)cc2c1)c1cocn1. The fraction of sp³-hybridized carbons (Fsp3) is 0. The topological polar surface area (TPSA) is 97.4 Å². The number of rotatable bonds is 2. The van der Waals surface area contributed by atoms with Gasteiger partial charge < -0.3 is 14.8 Å². The maximum Gasteiger partial charge on any atom is 0.415 e. The Bertz CT molecular complexity index is 789. The Morgan fingerprint density at radius 3 is 2.75 bits per heavy atom. The van der Waals surface area contributed by atoms with E-state index < -0.39 is 12.0 Å². The Morgan fingerprint density at radius 1 is 1.25 bits per heavy atom. The zero-order valence-corrected chi connectivity index (χ0v) is 10.1. The second kappa shape index (κ2) is 4.54. The van der Waals surface area contributed by atoms with E-state index in [4.69, 9.17) is 9.52 Å². The number of carboxylic acid groups (broad SMARTS) is 1. The number of amides is 1. The molecule has 2 heterocycles. The first-order valence-electron chi connectivity index (χ1n) is 5.68. The van der Waals surface area contributed by atoms with Crippen molar-refractivity contribution in [3.63, 3.8) is 0 Å². The molecular formula is C13H9N3O4. The first-order chi connectivity index (χ1) is 9.63. The van der Waals surface area contributed by atoms with E-state index in [0.29, 0.717) is 11.1 Å². The van der Waals surface area contributed by atoms with Crippen molar-refractivity contribution in [2.75, 3.05) is 5.32 Å². The maximum atomic E-state index is 11.8. The Morgan fingerprint density at radius 2 is 2.05 bits per heavy atom. The molecule has 0 bridgehead atoms. The number of nitrogens with zero attached hydrogens (tertiary/aromatic N) is 2. The summed E-state index contributed by atoms with van der Waals surface area (Å²) in [5.74, 6) is -0.393. The molecule has 7 heteroatoms. The van der Waals surface area contributed by atoms with E-state index in [1.54, 1.807) is 18.2 Å². The van der Waals surface area contributed by atoms with Crippen molar-refractivity contribution in [1.29, 1.82) is 0 Å². The lowest BCUT2D eigenvalue weighted by Crippen LogP contribution is -2.11. The summed E-state index contributed by atoms with van der Waals surface area (Å²) in [5.41, 5.74) is 0.724. The van der Waals surface area contributed by atoms with Crippen LogP contribution in [0.2, 0.25) is 0 Å². The van der Waals surface area contributed by atoms with Crippen molar-refractivity contribution in [1.82, 2.24) is 9.55 Å². The van der Waals surface area contributed by atoms with Gasteiger partial charge in [-0.3, -0.25) is 9.36 Å². The lowest BCUT2D eigenvalue weighted by molar-refractivity contribution is 0.102. The zero-order chi connectivity index (χ0) is 14.1. The Kier molecular flexibility index (Phi) is 2.72. The van der Waals surface area contributed by atoms with Crippen molar-refractivity contribution < 1.29 is 19.1 Å². The van der Waals surface area contributed by atoms with Crippen molar-refractivity contribution >= 4 is 28.5 Å². The standard InChI is InChI=1S/C13H9N3O4/c17-12(11-6-20-7-14-11)15-10-2-1-8-4-16(13(18)19)5-9(8)3-10/h1-7H,(H,15,17)(H,18,19). The highest BCUT2D eigenvalue weighted by molar-refractivity contribution is 6.03. The number of benzene rings is 1. The van der Waals surface area contributed by atoms with Gasteiger partial charge in [-0.1, -0.05) is 6.07 Å². The van der Waals surface area contributed by atoms with E-state index in [1.165, 1.54) is 25.1 Å². The number of carbonyl (C=O) groups excluding carboxylic acids is 1. The molecule has 3 rings (SSSR count). The van der Waals surface area contributed by atoms with Gasteiger partial charge in [0.25, 0.3) is 5.91 Å². The predicted octanol–water partition coefficient (Wildman–Crippen LogP) is 2.41. The number of carbonyl (C=O) groups is 2. The minimum absolute atomic E-state index is 0.174. The first-order valence-corrected chi connectivity index (χ1v) is 5.68. The molecule has 2 aromatic heterocycles. The Labute approximate surface area is 112 Å². The summed E-state index contributed by atoms with van der Waals surface area (Å²) in [6.07, 6.45) is 4.33. The number of aromatic nitrogens is 2. The van der Waals surface area contributed by atoms with Gasteiger partial charge >= 0.3 is 6.09 Å². The molecule has 0 atom stereocenters. The van der Waals surface area contributed by atoms with Gasteiger partial charge in [0, 0.05) is 28.9 Å². The zero-order valence-electron chi connectivity index (χ0n) is 10.1. The molecule has 7 nitrogen and oxygen atoms in total. The second-order valence-corrected chi connectivity index (χ2v) is 4.12. The molecule has 0 fully saturated rings. The van der Waals surface area contributed by atoms with Crippen LogP contribution in [0, 0.1) is 0 Å². The number of hydrogen-bond donors (Lipinski definition) is 2. The third kappa shape index (κ3) is 2.12. The van der Waals surface area contributed by atoms with Crippen LogP contribution >= 0.6 is 0 Å². The predicted molar refractivity (Wildman–Crippen MR) is 69.8 cm³/mol. The molecule has 0 radical (unpaired) electrons. The summed E-state index contributed by atoms with van der Waals surface area (Å²) < 4.78 is 5.80. The Hall–Kier alpha value is -3.09. The molecule has 0 spiro atoms. The van der Waals surface area contributed by atoms with Gasteiger partial charge in [-0.25, -0.2) is 9.78 Å². The van der Waals surface area contributed by atoms with Gasteiger partial charge in [0.05, 0.1) is 0 Å². The minimum Gasteiger partial charge on any atom is -0.464 e. The van der Waals surface area contributed by atoms with Crippen LogP contribution in [0.25, 0.3) is 10.8 Å². The third-order valence-electron chi connectivity index (χ3n) is 2.79. The molecule has 100 valence electrons. The largest absolute Gasteiger partial charge is 0.464 e. The average Bonchev–Trinajstić information content (AvgIpc) is 3.07.